The number of urea groups is 1. The van der Waals surface area contributed by atoms with E-state index in [-0.39, 0.29) is 6.03 Å². The Hall–Kier alpha value is -1.71. The lowest BCUT2D eigenvalue weighted by molar-refractivity contribution is 0.256. The first-order valence-electron chi connectivity index (χ1n) is 3.59. The Kier molecular flexibility index (Phi) is 1.24. The topological polar surface area (TPSA) is 69.2 Å². The Labute approximate surface area is 69.8 Å². The van der Waals surface area contributed by atoms with Crippen LogP contribution >= 0.6 is 0 Å². The number of benzene rings is 1. The van der Waals surface area contributed by atoms with Gasteiger partial charge >= 0.3 is 6.03 Å². The minimum atomic E-state index is -0.324. The van der Waals surface area contributed by atoms with E-state index in [2.05, 4.69) is 10.6 Å². The fourth-order valence-electron chi connectivity index (χ4n) is 1.16. The number of anilines is 2. The molecule has 4 heteroatoms. The Balaban J connectivity index is 2.55. The van der Waals surface area contributed by atoms with Gasteiger partial charge in [0, 0.05) is 5.69 Å². The number of fused-ring (bicyclic) bond motifs is 1. The summed E-state index contributed by atoms with van der Waals surface area (Å²) in [5.41, 5.74) is 8.62. The van der Waals surface area contributed by atoms with E-state index in [0.29, 0.717) is 11.4 Å². The maximum atomic E-state index is 10.8. The molecular formula is C8H8N3O. The zero-order valence-corrected chi connectivity index (χ0v) is 6.59. The molecule has 1 aliphatic heterocycles. The molecule has 3 N–H and O–H groups in total. The summed E-state index contributed by atoms with van der Waals surface area (Å²) >= 11 is 0. The van der Waals surface area contributed by atoms with Gasteiger partial charge in [-0.05, 0) is 24.6 Å². The van der Waals surface area contributed by atoms with Gasteiger partial charge < -0.3 is 11.1 Å². The predicted octanol–water partition coefficient (Wildman–Crippen LogP) is 1.36. The van der Waals surface area contributed by atoms with Gasteiger partial charge in [0.2, 0.25) is 0 Å². The highest BCUT2D eigenvalue weighted by molar-refractivity contribution is 6.02. The molecule has 12 heavy (non-hydrogen) atoms. The normalized spacial score (nSPS) is 13.6. The molecule has 0 spiro atoms. The Morgan fingerprint density at radius 1 is 1.50 bits per heavy atom. The van der Waals surface area contributed by atoms with E-state index in [1.807, 2.05) is 13.0 Å². The number of aryl methyl sites for hydroxylation is 1. The maximum Gasteiger partial charge on any atom is 0.346 e. The summed E-state index contributed by atoms with van der Waals surface area (Å²) in [4.78, 5) is 10.8. The molecule has 0 unspecified atom stereocenters. The van der Waals surface area contributed by atoms with Crippen LogP contribution in [0.25, 0.3) is 0 Å². The van der Waals surface area contributed by atoms with Crippen LogP contribution in [0.1, 0.15) is 5.56 Å². The Bertz CT molecular complexity index is 327. The quantitative estimate of drug-likeness (QED) is 0.565. The number of nitrogen functional groups attached to an aromatic ring is 1. The summed E-state index contributed by atoms with van der Waals surface area (Å²) in [5, 5.41) is 6.33. The van der Waals surface area contributed by atoms with Gasteiger partial charge in [0.05, 0.1) is 11.4 Å². The molecule has 0 aliphatic carbocycles. The van der Waals surface area contributed by atoms with Crippen LogP contribution in [0.2, 0.25) is 0 Å². The fourth-order valence-corrected chi connectivity index (χ4v) is 1.16. The number of hydrogen-bond acceptors (Lipinski definition) is 2. The molecule has 1 radical (unpaired) electrons. The molecule has 4 nitrogen and oxygen atoms in total. The molecule has 0 bridgehead atoms. The number of nitrogens with one attached hydrogen (secondary N) is 1. The third-order valence-electron chi connectivity index (χ3n) is 1.85. The zero-order chi connectivity index (χ0) is 8.72. The molecule has 1 aliphatic rings. The molecule has 2 amide bonds. The van der Waals surface area contributed by atoms with Crippen molar-refractivity contribution in [3.05, 3.63) is 17.7 Å². The summed E-state index contributed by atoms with van der Waals surface area (Å²) in [5.74, 6) is 0. The van der Waals surface area contributed by atoms with E-state index in [0.717, 1.165) is 11.3 Å². The molecule has 0 saturated carbocycles. The third-order valence-corrected chi connectivity index (χ3v) is 1.85. The minimum absolute atomic E-state index is 0.324. The summed E-state index contributed by atoms with van der Waals surface area (Å²) in [6.07, 6.45) is 0. The summed E-state index contributed by atoms with van der Waals surface area (Å²) < 4.78 is 0. The van der Waals surface area contributed by atoms with Crippen LogP contribution in [-0.4, -0.2) is 6.03 Å². The molecule has 0 fully saturated rings. The molecule has 1 aromatic carbocycles. The standard InChI is InChI=1S/C8H8N3O/c1-4-2-6-7(3-5(4)9)11-8(12)10-6/h2-3H,9H2,1H3,(H,10,12). The highest BCUT2D eigenvalue weighted by atomic mass is 16.2. The molecule has 61 valence electrons. The lowest BCUT2D eigenvalue weighted by Gasteiger charge is -2.01. The second-order valence-electron chi connectivity index (χ2n) is 2.77. The number of rotatable bonds is 0. The predicted molar refractivity (Wildman–Crippen MR) is 46.4 cm³/mol. The van der Waals surface area contributed by atoms with E-state index in [1.54, 1.807) is 6.07 Å². The van der Waals surface area contributed by atoms with Gasteiger partial charge in [-0.25, -0.2) is 4.79 Å². The third kappa shape index (κ3) is 0.887. The largest absolute Gasteiger partial charge is 0.398 e. The Morgan fingerprint density at radius 3 is 3.00 bits per heavy atom. The lowest BCUT2D eigenvalue weighted by atomic mass is 10.1. The van der Waals surface area contributed by atoms with Gasteiger partial charge in [-0.2, -0.15) is 5.32 Å². The molecule has 1 heterocycles. The van der Waals surface area contributed by atoms with Crippen molar-refractivity contribution in [2.45, 2.75) is 6.92 Å². The Morgan fingerprint density at radius 2 is 2.25 bits per heavy atom. The van der Waals surface area contributed by atoms with E-state index in [9.17, 15) is 4.79 Å². The summed E-state index contributed by atoms with van der Waals surface area (Å²) in [7, 11) is 0. The van der Waals surface area contributed by atoms with Crippen LogP contribution < -0.4 is 16.4 Å². The van der Waals surface area contributed by atoms with E-state index in [4.69, 9.17) is 5.73 Å². The average Bonchev–Trinajstić information content (AvgIpc) is 2.30. The second kappa shape index (κ2) is 2.14. The number of nitrogens with two attached hydrogens (primary N) is 1. The highest BCUT2D eigenvalue weighted by Crippen LogP contribution is 2.31. The van der Waals surface area contributed by atoms with Crippen molar-refractivity contribution >= 4 is 23.1 Å². The van der Waals surface area contributed by atoms with E-state index in [1.165, 1.54) is 0 Å². The van der Waals surface area contributed by atoms with Crippen LogP contribution in [0.3, 0.4) is 0 Å². The number of carbonyl (C=O) groups is 1. The molecule has 0 atom stereocenters. The first-order valence-corrected chi connectivity index (χ1v) is 3.59. The van der Waals surface area contributed by atoms with Crippen molar-refractivity contribution in [2.24, 2.45) is 0 Å². The van der Waals surface area contributed by atoms with Crippen LogP contribution in [0.4, 0.5) is 21.9 Å². The van der Waals surface area contributed by atoms with Crippen molar-refractivity contribution in [1.82, 2.24) is 5.32 Å². The van der Waals surface area contributed by atoms with Gasteiger partial charge in [0.25, 0.3) is 0 Å². The lowest BCUT2D eigenvalue weighted by Crippen LogP contribution is -2.08. The SMILES string of the molecule is Cc1cc2c(cc1N)[N]C(=O)N2. The van der Waals surface area contributed by atoms with Crippen molar-refractivity contribution in [2.75, 3.05) is 11.1 Å². The van der Waals surface area contributed by atoms with Crippen LogP contribution in [0.15, 0.2) is 12.1 Å². The molecule has 0 aromatic heterocycles. The van der Waals surface area contributed by atoms with E-state index >= 15 is 0 Å². The number of nitrogens with zero attached hydrogens (tertiary/aromatic N) is 1. The number of hydrogen-bond donors (Lipinski definition) is 2. The summed E-state index contributed by atoms with van der Waals surface area (Å²) in [6, 6.07) is 3.19. The number of carbonyl (C=O) groups excluding carboxylic acids is 1. The van der Waals surface area contributed by atoms with Gasteiger partial charge in [0.1, 0.15) is 0 Å². The van der Waals surface area contributed by atoms with Crippen LogP contribution in [0.5, 0.6) is 0 Å². The van der Waals surface area contributed by atoms with Crippen molar-refractivity contribution < 1.29 is 4.79 Å². The maximum absolute atomic E-state index is 10.8. The zero-order valence-electron chi connectivity index (χ0n) is 6.59. The molecule has 0 saturated heterocycles. The van der Waals surface area contributed by atoms with E-state index < -0.39 is 0 Å². The van der Waals surface area contributed by atoms with Gasteiger partial charge in [-0.1, -0.05) is 0 Å². The molecule has 1 aromatic rings. The fraction of sp³-hybridized carbons (Fsp3) is 0.125. The molecular weight excluding hydrogens is 154 g/mol. The van der Waals surface area contributed by atoms with Gasteiger partial charge in [-0.3, -0.25) is 0 Å². The number of amides is 2. The first-order chi connectivity index (χ1) is 5.66. The van der Waals surface area contributed by atoms with Crippen molar-refractivity contribution in [3.8, 4) is 0 Å². The van der Waals surface area contributed by atoms with Crippen LogP contribution in [0, 0.1) is 6.92 Å². The van der Waals surface area contributed by atoms with Crippen molar-refractivity contribution in [3.63, 3.8) is 0 Å². The molecule has 2 rings (SSSR count). The summed E-state index contributed by atoms with van der Waals surface area (Å²) in [6.45, 7) is 1.89. The van der Waals surface area contributed by atoms with Gasteiger partial charge in [-0.15, -0.1) is 0 Å². The first kappa shape index (κ1) is 6.97. The smallest absolute Gasteiger partial charge is 0.346 e. The van der Waals surface area contributed by atoms with Gasteiger partial charge in [0.15, 0.2) is 0 Å². The second-order valence-corrected chi connectivity index (χ2v) is 2.77. The average molecular weight is 162 g/mol. The monoisotopic (exact) mass is 162 g/mol. The van der Waals surface area contributed by atoms with Crippen molar-refractivity contribution in [1.29, 1.82) is 0 Å². The minimum Gasteiger partial charge on any atom is -0.398 e. The van der Waals surface area contributed by atoms with Crippen LogP contribution in [-0.2, 0) is 0 Å². The highest BCUT2D eigenvalue weighted by Gasteiger charge is 2.19.